The van der Waals surface area contributed by atoms with Gasteiger partial charge in [-0.3, -0.25) is 5.41 Å². The number of aliphatic imine (C=N–C) groups is 1. The summed E-state index contributed by atoms with van der Waals surface area (Å²) in [5, 5.41) is 10.8. The summed E-state index contributed by atoms with van der Waals surface area (Å²) in [5.74, 6) is 0.367. The molecule has 17 heavy (non-hydrogen) atoms. The maximum absolute atomic E-state index is 7.24. The lowest BCUT2D eigenvalue weighted by Crippen LogP contribution is -2.43. The average Bonchev–Trinajstić information content (AvgIpc) is 2.58. The molecular weight excluding hydrogens is 210 g/mol. The van der Waals surface area contributed by atoms with Gasteiger partial charge in [-0.05, 0) is 57.6 Å². The molecule has 0 spiro atoms. The van der Waals surface area contributed by atoms with E-state index in [1.807, 2.05) is 6.08 Å². The minimum Gasteiger partial charge on any atom is -0.314 e. The Labute approximate surface area is 104 Å². The van der Waals surface area contributed by atoms with E-state index in [4.69, 9.17) is 5.41 Å². The molecule has 0 aromatic heterocycles. The van der Waals surface area contributed by atoms with E-state index in [2.05, 4.69) is 23.4 Å². The van der Waals surface area contributed by atoms with E-state index in [9.17, 15) is 0 Å². The molecule has 0 aromatic carbocycles. The molecule has 2 atom stereocenters. The Morgan fingerprint density at radius 2 is 2.12 bits per heavy atom. The van der Waals surface area contributed by atoms with E-state index >= 15 is 0 Å². The van der Waals surface area contributed by atoms with Gasteiger partial charge >= 0.3 is 0 Å². The molecule has 2 bridgehead atoms. The molecule has 0 amide bonds. The molecule has 2 rings (SSSR count). The van der Waals surface area contributed by atoms with E-state index in [0.29, 0.717) is 16.8 Å². The predicted molar refractivity (Wildman–Crippen MR) is 73.0 cm³/mol. The molecule has 3 nitrogen and oxygen atoms in total. The second kappa shape index (κ2) is 4.73. The van der Waals surface area contributed by atoms with Crippen LogP contribution in [-0.2, 0) is 0 Å². The van der Waals surface area contributed by atoms with Crippen LogP contribution in [0.2, 0.25) is 0 Å². The fourth-order valence-electron chi connectivity index (χ4n) is 3.51. The Morgan fingerprint density at radius 1 is 1.29 bits per heavy atom. The molecule has 2 N–H and O–H groups in total. The van der Waals surface area contributed by atoms with Crippen LogP contribution >= 0.6 is 0 Å². The minimum absolute atomic E-state index is 0.367. The molecule has 2 aliphatic rings. The van der Waals surface area contributed by atoms with Crippen LogP contribution in [0, 0.1) is 10.8 Å². The Morgan fingerprint density at radius 3 is 2.82 bits per heavy atom. The molecule has 2 fully saturated rings. The maximum atomic E-state index is 7.24. The smallest absolute Gasteiger partial charge is 0.117 e. The second-order valence-electron chi connectivity index (χ2n) is 5.65. The summed E-state index contributed by atoms with van der Waals surface area (Å²) in [7, 11) is 2.10. The lowest BCUT2D eigenvalue weighted by atomic mass is 9.73. The highest BCUT2D eigenvalue weighted by atomic mass is 15.0. The maximum Gasteiger partial charge on any atom is 0.117 e. The molecule has 0 aromatic rings. The van der Waals surface area contributed by atoms with Gasteiger partial charge in [-0.25, -0.2) is 4.99 Å². The standard InChI is InChI=1S/C14H23N3/c1-12(15)17-10-4-6-13-5-3-7-14(11-13,16-2)9-8-13/h4,6,10,15-16H,3,5,7-9,11H2,1-2H3/b6-4+,15-12?,17-10?. The molecule has 2 unspecified atom stereocenters. The number of fused-ring (bicyclic) bond motifs is 2. The fourth-order valence-corrected chi connectivity index (χ4v) is 3.51. The molecule has 0 heterocycles. The Balaban J connectivity index is 2.03. The van der Waals surface area contributed by atoms with Gasteiger partial charge in [0, 0.05) is 11.8 Å². The van der Waals surface area contributed by atoms with Crippen molar-refractivity contribution in [2.24, 2.45) is 10.4 Å². The monoisotopic (exact) mass is 233 g/mol. The van der Waals surface area contributed by atoms with E-state index in [-0.39, 0.29) is 0 Å². The average molecular weight is 233 g/mol. The molecule has 0 radical (unpaired) electrons. The summed E-state index contributed by atoms with van der Waals surface area (Å²) < 4.78 is 0. The molecule has 0 aliphatic heterocycles. The van der Waals surface area contributed by atoms with Crippen molar-refractivity contribution < 1.29 is 0 Å². The number of amidine groups is 1. The summed E-state index contributed by atoms with van der Waals surface area (Å²) in [4.78, 5) is 3.98. The predicted octanol–water partition coefficient (Wildman–Crippen LogP) is 2.92. The van der Waals surface area contributed by atoms with Crippen molar-refractivity contribution in [3.8, 4) is 0 Å². The quantitative estimate of drug-likeness (QED) is 0.571. The van der Waals surface area contributed by atoms with Gasteiger partial charge in [0.2, 0.25) is 0 Å². The van der Waals surface area contributed by atoms with Crippen LogP contribution in [0.15, 0.2) is 17.1 Å². The summed E-state index contributed by atoms with van der Waals surface area (Å²) in [6.45, 7) is 1.70. The lowest BCUT2D eigenvalue weighted by molar-refractivity contribution is 0.217. The van der Waals surface area contributed by atoms with Crippen LogP contribution in [0.3, 0.4) is 0 Å². The van der Waals surface area contributed by atoms with Crippen LogP contribution in [0.4, 0.5) is 0 Å². The van der Waals surface area contributed by atoms with E-state index in [1.54, 1.807) is 13.1 Å². The zero-order valence-corrected chi connectivity index (χ0v) is 10.9. The van der Waals surface area contributed by atoms with Crippen LogP contribution in [0.25, 0.3) is 0 Å². The number of hydrogen-bond donors (Lipinski definition) is 2. The molecular formula is C14H23N3. The van der Waals surface area contributed by atoms with Gasteiger partial charge < -0.3 is 5.32 Å². The first-order valence-corrected chi connectivity index (χ1v) is 6.56. The van der Waals surface area contributed by atoms with Crippen LogP contribution in [-0.4, -0.2) is 24.6 Å². The number of rotatable bonds is 3. The number of nitrogens with zero attached hydrogens (tertiary/aromatic N) is 1. The van der Waals surface area contributed by atoms with E-state index < -0.39 is 0 Å². The SMILES string of the molecule is CNC12CCCC(/C=C/C=NC(C)=N)(CC1)C2. The zero-order chi connectivity index (χ0) is 12.4. The molecule has 2 saturated carbocycles. The Kier molecular flexibility index (Phi) is 3.48. The third-order valence-electron chi connectivity index (χ3n) is 4.46. The van der Waals surface area contributed by atoms with Crippen LogP contribution < -0.4 is 5.32 Å². The van der Waals surface area contributed by atoms with Crippen molar-refractivity contribution in [3.05, 3.63) is 12.2 Å². The summed E-state index contributed by atoms with van der Waals surface area (Å²) in [5.41, 5.74) is 0.792. The van der Waals surface area contributed by atoms with Crippen molar-refractivity contribution >= 4 is 12.1 Å². The van der Waals surface area contributed by atoms with Crippen LogP contribution in [0.5, 0.6) is 0 Å². The largest absolute Gasteiger partial charge is 0.314 e. The molecule has 94 valence electrons. The Hall–Kier alpha value is -0.960. The van der Waals surface area contributed by atoms with Crippen molar-refractivity contribution in [1.29, 1.82) is 5.41 Å². The minimum atomic E-state index is 0.367. The van der Waals surface area contributed by atoms with Gasteiger partial charge in [0.05, 0.1) is 0 Å². The first kappa shape index (κ1) is 12.5. The first-order chi connectivity index (χ1) is 8.10. The van der Waals surface area contributed by atoms with Gasteiger partial charge in [0.25, 0.3) is 0 Å². The topological polar surface area (TPSA) is 48.2 Å². The van der Waals surface area contributed by atoms with Crippen molar-refractivity contribution in [3.63, 3.8) is 0 Å². The third-order valence-corrected chi connectivity index (χ3v) is 4.46. The highest BCUT2D eigenvalue weighted by Crippen LogP contribution is 2.54. The highest BCUT2D eigenvalue weighted by molar-refractivity contribution is 5.88. The highest BCUT2D eigenvalue weighted by Gasteiger charge is 2.48. The first-order valence-electron chi connectivity index (χ1n) is 6.56. The lowest BCUT2D eigenvalue weighted by Gasteiger charge is -2.38. The summed E-state index contributed by atoms with van der Waals surface area (Å²) >= 11 is 0. The molecule has 0 saturated heterocycles. The van der Waals surface area contributed by atoms with Crippen molar-refractivity contribution in [2.45, 2.75) is 51.0 Å². The summed E-state index contributed by atoms with van der Waals surface area (Å²) in [6, 6.07) is 0. The fraction of sp³-hybridized carbons (Fsp3) is 0.714. The van der Waals surface area contributed by atoms with Crippen LogP contribution in [0.1, 0.15) is 45.4 Å². The number of allylic oxidation sites excluding steroid dienone is 2. The van der Waals surface area contributed by atoms with Crippen molar-refractivity contribution in [1.82, 2.24) is 5.32 Å². The van der Waals surface area contributed by atoms with Gasteiger partial charge in [-0.15, -0.1) is 0 Å². The zero-order valence-electron chi connectivity index (χ0n) is 10.9. The molecule has 2 aliphatic carbocycles. The van der Waals surface area contributed by atoms with E-state index in [1.165, 1.54) is 38.5 Å². The van der Waals surface area contributed by atoms with Crippen molar-refractivity contribution in [2.75, 3.05) is 7.05 Å². The normalized spacial score (nSPS) is 37.1. The Bertz CT molecular complexity index is 358. The second-order valence-corrected chi connectivity index (χ2v) is 5.65. The number of nitrogens with one attached hydrogen (secondary N) is 2. The third kappa shape index (κ3) is 2.65. The van der Waals surface area contributed by atoms with Gasteiger partial charge in [0.1, 0.15) is 5.84 Å². The summed E-state index contributed by atoms with van der Waals surface area (Å²) in [6.07, 6.45) is 13.9. The van der Waals surface area contributed by atoms with Gasteiger partial charge in [-0.1, -0.05) is 12.5 Å². The van der Waals surface area contributed by atoms with Gasteiger partial charge in [-0.2, -0.15) is 0 Å². The van der Waals surface area contributed by atoms with E-state index in [0.717, 1.165) is 0 Å². The number of hydrogen-bond acceptors (Lipinski definition) is 2. The van der Waals surface area contributed by atoms with Gasteiger partial charge in [0.15, 0.2) is 0 Å². The molecule has 3 heteroatoms.